The Morgan fingerprint density at radius 2 is 1.53 bits per heavy atom. The first kappa shape index (κ1) is 22.5. The SMILES string of the molecule is CCCCN1C(=O)c2ccc(C(=O)N3CCN(CC(=O)N4CCCCC4)CC3)cc2C1=O. The molecule has 0 saturated carbocycles. The van der Waals surface area contributed by atoms with E-state index in [-0.39, 0.29) is 23.6 Å². The van der Waals surface area contributed by atoms with Gasteiger partial charge in [-0.2, -0.15) is 0 Å². The van der Waals surface area contributed by atoms with Crippen LogP contribution in [0.5, 0.6) is 0 Å². The molecule has 3 heterocycles. The highest BCUT2D eigenvalue weighted by Gasteiger charge is 2.36. The van der Waals surface area contributed by atoms with Crippen molar-refractivity contribution in [3.05, 3.63) is 34.9 Å². The summed E-state index contributed by atoms with van der Waals surface area (Å²) >= 11 is 0. The molecule has 8 nitrogen and oxygen atoms in total. The number of piperidine rings is 1. The second kappa shape index (κ2) is 9.81. The van der Waals surface area contributed by atoms with E-state index >= 15 is 0 Å². The minimum atomic E-state index is -0.311. The third-order valence-corrected chi connectivity index (χ3v) is 6.68. The van der Waals surface area contributed by atoms with Crippen LogP contribution >= 0.6 is 0 Å². The topological polar surface area (TPSA) is 81.2 Å². The maximum atomic E-state index is 13.0. The van der Waals surface area contributed by atoms with Gasteiger partial charge in [-0.3, -0.25) is 29.0 Å². The molecule has 8 heteroatoms. The summed E-state index contributed by atoms with van der Waals surface area (Å²) in [6.07, 6.45) is 5.02. The lowest BCUT2D eigenvalue weighted by Crippen LogP contribution is -2.52. The largest absolute Gasteiger partial charge is 0.342 e. The number of fused-ring (bicyclic) bond motifs is 1. The Kier molecular flexibility index (Phi) is 6.89. The van der Waals surface area contributed by atoms with E-state index < -0.39 is 0 Å². The van der Waals surface area contributed by atoms with Gasteiger partial charge in [-0.25, -0.2) is 0 Å². The lowest BCUT2D eigenvalue weighted by Gasteiger charge is -2.36. The Morgan fingerprint density at radius 3 is 2.22 bits per heavy atom. The van der Waals surface area contributed by atoms with Crippen LogP contribution in [0.4, 0.5) is 0 Å². The summed E-state index contributed by atoms with van der Waals surface area (Å²) in [5.41, 5.74) is 1.13. The van der Waals surface area contributed by atoms with Gasteiger partial charge >= 0.3 is 0 Å². The van der Waals surface area contributed by atoms with Gasteiger partial charge in [-0.15, -0.1) is 0 Å². The first-order valence-corrected chi connectivity index (χ1v) is 11.8. The zero-order chi connectivity index (χ0) is 22.7. The zero-order valence-electron chi connectivity index (χ0n) is 18.8. The second-order valence-electron chi connectivity index (χ2n) is 8.89. The zero-order valence-corrected chi connectivity index (χ0v) is 18.8. The van der Waals surface area contributed by atoms with Crippen molar-refractivity contribution >= 4 is 23.6 Å². The number of carbonyl (C=O) groups is 4. The normalized spacial score (nSPS) is 19.5. The van der Waals surface area contributed by atoms with Crippen molar-refractivity contribution in [2.45, 2.75) is 39.0 Å². The lowest BCUT2D eigenvalue weighted by molar-refractivity contribution is -0.133. The molecule has 0 atom stereocenters. The molecule has 4 amide bonds. The molecule has 0 radical (unpaired) electrons. The summed E-state index contributed by atoms with van der Waals surface area (Å²) in [4.78, 5) is 57.8. The molecule has 1 aromatic carbocycles. The second-order valence-corrected chi connectivity index (χ2v) is 8.89. The number of carbonyl (C=O) groups excluding carboxylic acids is 4. The number of amides is 4. The smallest absolute Gasteiger partial charge is 0.261 e. The predicted octanol–water partition coefficient (Wildman–Crippen LogP) is 1.85. The number of piperazine rings is 1. The van der Waals surface area contributed by atoms with E-state index in [0.717, 1.165) is 38.8 Å². The molecule has 4 rings (SSSR count). The number of unbranched alkanes of at least 4 members (excludes halogenated alkanes) is 1. The van der Waals surface area contributed by atoms with Crippen molar-refractivity contribution in [2.75, 3.05) is 52.4 Å². The van der Waals surface area contributed by atoms with Gasteiger partial charge in [0.05, 0.1) is 17.7 Å². The van der Waals surface area contributed by atoms with E-state index in [1.165, 1.54) is 11.3 Å². The van der Waals surface area contributed by atoms with Gasteiger partial charge in [0.25, 0.3) is 17.7 Å². The monoisotopic (exact) mass is 440 g/mol. The van der Waals surface area contributed by atoms with Gasteiger partial charge < -0.3 is 9.80 Å². The number of hydrogen-bond donors (Lipinski definition) is 0. The Bertz CT molecular complexity index is 901. The molecule has 0 aromatic heterocycles. The summed E-state index contributed by atoms with van der Waals surface area (Å²) in [6.45, 7) is 6.92. The van der Waals surface area contributed by atoms with Crippen LogP contribution in [0.2, 0.25) is 0 Å². The molecule has 2 fully saturated rings. The third kappa shape index (κ3) is 4.55. The van der Waals surface area contributed by atoms with Gasteiger partial charge in [0, 0.05) is 51.4 Å². The summed E-state index contributed by atoms with van der Waals surface area (Å²) in [5.74, 6) is -0.542. The summed E-state index contributed by atoms with van der Waals surface area (Å²) in [6, 6.07) is 4.81. The van der Waals surface area contributed by atoms with Crippen molar-refractivity contribution in [1.82, 2.24) is 19.6 Å². The molecule has 32 heavy (non-hydrogen) atoms. The molecule has 3 aliphatic heterocycles. The first-order valence-electron chi connectivity index (χ1n) is 11.8. The van der Waals surface area contributed by atoms with E-state index in [2.05, 4.69) is 4.90 Å². The molecule has 3 aliphatic rings. The van der Waals surface area contributed by atoms with Crippen LogP contribution < -0.4 is 0 Å². The van der Waals surface area contributed by atoms with E-state index in [1.807, 2.05) is 11.8 Å². The van der Waals surface area contributed by atoms with Crippen molar-refractivity contribution in [1.29, 1.82) is 0 Å². The van der Waals surface area contributed by atoms with Crippen LogP contribution in [0, 0.1) is 0 Å². The fraction of sp³-hybridized carbons (Fsp3) is 0.583. The Balaban J connectivity index is 1.34. The molecular weight excluding hydrogens is 408 g/mol. The number of likely N-dealkylation sites (tertiary alicyclic amines) is 1. The number of benzene rings is 1. The van der Waals surface area contributed by atoms with E-state index in [1.54, 1.807) is 23.1 Å². The van der Waals surface area contributed by atoms with Crippen molar-refractivity contribution in [3.63, 3.8) is 0 Å². The minimum Gasteiger partial charge on any atom is -0.342 e. The molecule has 172 valence electrons. The number of hydrogen-bond acceptors (Lipinski definition) is 5. The highest BCUT2D eigenvalue weighted by atomic mass is 16.2. The van der Waals surface area contributed by atoms with Gasteiger partial charge in [0.15, 0.2) is 0 Å². The predicted molar refractivity (Wildman–Crippen MR) is 119 cm³/mol. The maximum Gasteiger partial charge on any atom is 0.261 e. The molecule has 0 unspecified atom stereocenters. The number of rotatable bonds is 6. The van der Waals surface area contributed by atoms with Crippen LogP contribution in [0.1, 0.15) is 70.1 Å². The average Bonchev–Trinajstić information content (AvgIpc) is 3.07. The van der Waals surface area contributed by atoms with Crippen LogP contribution in [0.15, 0.2) is 18.2 Å². The highest BCUT2D eigenvalue weighted by molar-refractivity contribution is 6.22. The van der Waals surface area contributed by atoms with Crippen LogP contribution in [0.25, 0.3) is 0 Å². The highest BCUT2D eigenvalue weighted by Crippen LogP contribution is 2.25. The quantitative estimate of drug-likeness (QED) is 0.631. The molecule has 2 saturated heterocycles. The summed E-state index contributed by atoms with van der Waals surface area (Å²) in [7, 11) is 0. The van der Waals surface area contributed by atoms with Crippen LogP contribution in [-0.2, 0) is 4.79 Å². The third-order valence-electron chi connectivity index (χ3n) is 6.68. The molecule has 0 N–H and O–H groups in total. The van der Waals surface area contributed by atoms with Gasteiger partial charge in [-0.05, 0) is 43.9 Å². The van der Waals surface area contributed by atoms with Crippen molar-refractivity contribution in [3.8, 4) is 0 Å². The lowest BCUT2D eigenvalue weighted by atomic mass is 10.0. The molecule has 0 spiro atoms. The minimum absolute atomic E-state index is 0.137. The fourth-order valence-electron chi connectivity index (χ4n) is 4.67. The molecular formula is C24H32N4O4. The van der Waals surface area contributed by atoms with Crippen molar-refractivity contribution in [2.24, 2.45) is 0 Å². The molecule has 1 aromatic rings. The van der Waals surface area contributed by atoms with Crippen molar-refractivity contribution < 1.29 is 19.2 Å². The van der Waals surface area contributed by atoms with Gasteiger partial charge in [0.1, 0.15) is 0 Å². The van der Waals surface area contributed by atoms with Crippen LogP contribution in [0.3, 0.4) is 0 Å². The average molecular weight is 441 g/mol. The Labute approximate surface area is 189 Å². The Morgan fingerprint density at radius 1 is 0.844 bits per heavy atom. The van der Waals surface area contributed by atoms with Crippen LogP contribution in [-0.4, -0.2) is 95.6 Å². The Hall–Kier alpha value is -2.74. The molecule has 0 bridgehead atoms. The number of nitrogens with zero attached hydrogens (tertiary/aromatic N) is 4. The summed E-state index contributed by atoms with van der Waals surface area (Å²) in [5, 5.41) is 0. The fourth-order valence-corrected chi connectivity index (χ4v) is 4.67. The molecule has 0 aliphatic carbocycles. The van der Waals surface area contributed by atoms with E-state index in [9.17, 15) is 19.2 Å². The summed E-state index contributed by atoms with van der Waals surface area (Å²) < 4.78 is 0. The number of imide groups is 1. The first-order chi connectivity index (χ1) is 15.5. The van der Waals surface area contributed by atoms with Gasteiger partial charge in [-0.1, -0.05) is 13.3 Å². The van der Waals surface area contributed by atoms with Gasteiger partial charge in [0.2, 0.25) is 5.91 Å². The van der Waals surface area contributed by atoms with E-state index in [4.69, 9.17) is 0 Å². The maximum absolute atomic E-state index is 13.0. The van der Waals surface area contributed by atoms with E-state index in [0.29, 0.717) is 56.0 Å². The standard InChI is InChI=1S/C24H32N4O4/c1-2-3-11-28-23(31)19-8-7-18(16-20(19)24(28)32)22(30)27-14-12-25(13-15-27)17-21(29)26-9-5-4-6-10-26/h7-8,16H,2-6,9-15,17H2,1H3.